The van der Waals surface area contributed by atoms with Crippen molar-refractivity contribution in [2.24, 2.45) is 0 Å². The van der Waals surface area contributed by atoms with Gasteiger partial charge in [0.2, 0.25) is 0 Å². The quantitative estimate of drug-likeness (QED) is 0.796. The Bertz CT molecular complexity index is 602. The third-order valence-corrected chi connectivity index (χ3v) is 3.35. The lowest BCUT2D eigenvalue weighted by atomic mass is 10.3. The molecule has 3 rings (SSSR count). The van der Waals surface area contributed by atoms with Crippen LogP contribution in [0.15, 0.2) is 24.4 Å². The van der Waals surface area contributed by atoms with Gasteiger partial charge in [-0.05, 0) is 31.4 Å². The smallest absolute Gasteiger partial charge is 0.272 e. The number of rotatable bonds is 5. The van der Waals surface area contributed by atoms with Gasteiger partial charge in [-0.25, -0.2) is 4.98 Å². The molecule has 0 aliphatic heterocycles. The fraction of sp³-hybridized carbons (Fsp3) is 0.429. The van der Waals surface area contributed by atoms with Crippen LogP contribution in [0.1, 0.15) is 41.5 Å². The van der Waals surface area contributed by atoms with Gasteiger partial charge in [0.25, 0.3) is 5.91 Å². The number of aromatic nitrogens is 2. The molecule has 0 spiro atoms. The zero-order chi connectivity index (χ0) is 13.2. The van der Waals surface area contributed by atoms with Crippen LogP contribution in [0, 0.1) is 0 Å². The van der Waals surface area contributed by atoms with E-state index in [1.165, 1.54) is 0 Å². The molecule has 100 valence electrons. The number of fused-ring (bicyclic) bond motifs is 1. The Labute approximate surface area is 111 Å². The number of pyridine rings is 1. The van der Waals surface area contributed by atoms with Gasteiger partial charge in [-0.2, -0.15) is 0 Å². The lowest BCUT2D eigenvalue weighted by molar-refractivity contribution is 0.0948. The Morgan fingerprint density at radius 3 is 3.05 bits per heavy atom. The molecule has 19 heavy (non-hydrogen) atoms. The Hall–Kier alpha value is -1.88. The van der Waals surface area contributed by atoms with E-state index in [2.05, 4.69) is 10.3 Å². The van der Waals surface area contributed by atoms with Crippen LogP contribution in [-0.2, 0) is 0 Å². The predicted molar refractivity (Wildman–Crippen MR) is 71.2 cm³/mol. The molecule has 1 fully saturated rings. The highest BCUT2D eigenvalue weighted by Gasteiger charge is 2.30. The highest BCUT2D eigenvalue weighted by Crippen LogP contribution is 2.39. The number of carbonyl (C=O) groups is 1. The third-order valence-electron chi connectivity index (χ3n) is 3.35. The van der Waals surface area contributed by atoms with Crippen molar-refractivity contribution < 1.29 is 9.90 Å². The number of hydrogen-bond donors (Lipinski definition) is 2. The first-order valence-corrected chi connectivity index (χ1v) is 6.67. The van der Waals surface area contributed by atoms with Crippen LogP contribution < -0.4 is 5.32 Å². The van der Waals surface area contributed by atoms with Crippen molar-refractivity contribution in [1.29, 1.82) is 0 Å². The molecule has 0 aromatic carbocycles. The third kappa shape index (κ3) is 2.33. The van der Waals surface area contributed by atoms with Crippen molar-refractivity contribution in [1.82, 2.24) is 14.7 Å². The minimum absolute atomic E-state index is 0.0809. The first-order chi connectivity index (χ1) is 9.31. The van der Waals surface area contributed by atoms with Gasteiger partial charge in [-0.15, -0.1) is 0 Å². The first-order valence-electron chi connectivity index (χ1n) is 6.67. The fourth-order valence-electron chi connectivity index (χ4n) is 2.22. The summed E-state index contributed by atoms with van der Waals surface area (Å²) in [6.45, 7) is 0.553. The van der Waals surface area contributed by atoms with E-state index in [0.717, 1.165) is 24.2 Å². The molecule has 2 aromatic heterocycles. The van der Waals surface area contributed by atoms with E-state index < -0.39 is 0 Å². The van der Waals surface area contributed by atoms with Gasteiger partial charge in [-0.1, -0.05) is 6.07 Å². The number of imidazole rings is 1. The van der Waals surface area contributed by atoms with E-state index in [1.807, 2.05) is 28.8 Å². The van der Waals surface area contributed by atoms with Crippen LogP contribution in [0.25, 0.3) is 5.52 Å². The van der Waals surface area contributed by atoms with Gasteiger partial charge in [0.05, 0.1) is 5.52 Å². The van der Waals surface area contributed by atoms with Gasteiger partial charge < -0.3 is 14.8 Å². The number of aliphatic hydroxyl groups is 1. The molecule has 1 amide bonds. The summed E-state index contributed by atoms with van der Waals surface area (Å²) in [5.74, 6) is 1.32. The highest BCUT2D eigenvalue weighted by atomic mass is 16.3. The van der Waals surface area contributed by atoms with E-state index in [4.69, 9.17) is 5.11 Å². The zero-order valence-corrected chi connectivity index (χ0v) is 10.7. The number of aliphatic hydroxyl groups excluding tert-OH is 1. The first kappa shape index (κ1) is 12.2. The maximum absolute atomic E-state index is 12.1. The SMILES string of the molecule is O=C(NCCCO)c1nc(C2CC2)n2ccccc12. The summed E-state index contributed by atoms with van der Waals surface area (Å²) in [6, 6.07) is 5.78. The topological polar surface area (TPSA) is 66.6 Å². The molecule has 0 saturated heterocycles. The summed E-state index contributed by atoms with van der Waals surface area (Å²) < 4.78 is 2.01. The van der Waals surface area contributed by atoms with Crippen molar-refractivity contribution in [3.05, 3.63) is 35.9 Å². The van der Waals surface area contributed by atoms with Crippen LogP contribution >= 0.6 is 0 Å². The summed E-state index contributed by atoms with van der Waals surface area (Å²) in [4.78, 5) is 16.6. The zero-order valence-electron chi connectivity index (χ0n) is 10.7. The fourth-order valence-corrected chi connectivity index (χ4v) is 2.22. The van der Waals surface area contributed by atoms with Gasteiger partial charge in [0.15, 0.2) is 5.69 Å². The summed E-state index contributed by atoms with van der Waals surface area (Å²) >= 11 is 0. The van der Waals surface area contributed by atoms with Crippen molar-refractivity contribution in [3.63, 3.8) is 0 Å². The Kier molecular flexibility index (Phi) is 3.21. The lowest BCUT2D eigenvalue weighted by Gasteiger charge is -2.01. The molecule has 2 aromatic rings. The van der Waals surface area contributed by atoms with Crippen LogP contribution in [0.4, 0.5) is 0 Å². The average molecular weight is 259 g/mol. The van der Waals surface area contributed by atoms with Crippen LogP contribution in [-0.4, -0.2) is 33.6 Å². The van der Waals surface area contributed by atoms with Gasteiger partial charge in [0, 0.05) is 25.3 Å². The molecule has 0 unspecified atom stereocenters. The van der Waals surface area contributed by atoms with Gasteiger partial charge in [0.1, 0.15) is 5.82 Å². The summed E-state index contributed by atoms with van der Waals surface area (Å²) in [5, 5.41) is 11.5. The van der Waals surface area contributed by atoms with Gasteiger partial charge in [-0.3, -0.25) is 4.79 Å². The maximum atomic E-state index is 12.1. The lowest BCUT2D eigenvalue weighted by Crippen LogP contribution is -2.25. The molecule has 2 heterocycles. The number of nitrogens with one attached hydrogen (secondary N) is 1. The molecular formula is C14H17N3O2. The summed E-state index contributed by atoms with van der Waals surface area (Å²) in [6.07, 6.45) is 4.83. The van der Waals surface area contributed by atoms with Crippen molar-refractivity contribution in [3.8, 4) is 0 Å². The minimum Gasteiger partial charge on any atom is -0.396 e. The van der Waals surface area contributed by atoms with E-state index in [9.17, 15) is 4.79 Å². The molecule has 1 aliphatic rings. The predicted octanol–water partition coefficient (Wildman–Crippen LogP) is 1.32. The van der Waals surface area contributed by atoms with E-state index >= 15 is 0 Å². The second kappa shape index (κ2) is 5.01. The van der Waals surface area contributed by atoms with Crippen LogP contribution in [0.5, 0.6) is 0 Å². The molecule has 0 atom stereocenters. The molecule has 5 nitrogen and oxygen atoms in total. The highest BCUT2D eigenvalue weighted by molar-refractivity contribution is 5.99. The maximum Gasteiger partial charge on any atom is 0.272 e. The van der Waals surface area contributed by atoms with E-state index in [1.54, 1.807) is 0 Å². The number of nitrogens with zero attached hydrogens (tertiary/aromatic N) is 2. The van der Waals surface area contributed by atoms with Crippen molar-refractivity contribution >= 4 is 11.4 Å². The molecule has 1 aliphatic carbocycles. The van der Waals surface area contributed by atoms with Crippen LogP contribution in [0.3, 0.4) is 0 Å². The monoisotopic (exact) mass is 259 g/mol. The largest absolute Gasteiger partial charge is 0.396 e. The van der Waals surface area contributed by atoms with Crippen molar-refractivity contribution in [2.75, 3.05) is 13.2 Å². The second-order valence-electron chi connectivity index (χ2n) is 4.88. The Balaban J connectivity index is 1.92. The second-order valence-corrected chi connectivity index (χ2v) is 4.88. The molecule has 1 saturated carbocycles. The molecular weight excluding hydrogens is 242 g/mol. The van der Waals surface area contributed by atoms with Crippen LogP contribution in [0.2, 0.25) is 0 Å². The van der Waals surface area contributed by atoms with Gasteiger partial charge >= 0.3 is 0 Å². The van der Waals surface area contributed by atoms with E-state index in [-0.39, 0.29) is 12.5 Å². The minimum atomic E-state index is -0.163. The molecule has 2 N–H and O–H groups in total. The normalized spacial score (nSPS) is 14.8. The Morgan fingerprint density at radius 2 is 2.32 bits per heavy atom. The Morgan fingerprint density at radius 1 is 1.47 bits per heavy atom. The summed E-state index contributed by atoms with van der Waals surface area (Å²) in [7, 11) is 0. The van der Waals surface area contributed by atoms with E-state index in [0.29, 0.717) is 24.6 Å². The average Bonchev–Trinajstić information content (AvgIpc) is 3.20. The molecule has 5 heteroatoms. The molecule has 0 bridgehead atoms. The van der Waals surface area contributed by atoms with Crippen molar-refractivity contribution in [2.45, 2.75) is 25.2 Å². The number of amides is 1. The summed E-state index contributed by atoms with van der Waals surface area (Å²) in [5.41, 5.74) is 1.34. The molecule has 0 radical (unpaired) electrons. The number of carbonyl (C=O) groups excluding carboxylic acids is 1. The number of hydrogen-bond acceptors (Lipinski definition) is 3. The standard InChI is InChI=1S/C14H17N3O2/c18-9-3-7-15-14(19)12-11-4-1-2-8-17(11)13(16-12)10-5-6-10/h1-2,4,8,10,18H,3,5-7,9H2,(H,15,19).